The van der Waals surface area contributed by atoms with Crippen LogP contribution >= 0.6 is 11.3 Å². The summed E-state index contributed by atoms with van der Waals surface area (Å²) in [5, 5.41) is 14.2. The number of aromatic nitrogens is 1. The van der Waals surface area contributed by atoms with Gasteiger partial charge in [-0.1, -0.05) is 0 Å². The number of hydrogen-bond donors (Lipinski definition) is 2. The molecule has 1 aromatic rings. The molecule has 0 saturated heterocycles. The summed E-state index contributed by atoms with van der Waals surface area (Å²) >= 11 is 1.58. The van der Waals surface area contributed by atoms with E-state index in [1.54, 1.807) is 18.4 Å². The molecule has 0 aliphatic rings. The van der Waals surface area contributed by atoms with Crippen molar-refractivity contribution in [3.8, 4) is 0 Å². The average Bonchev–Trinajstić information content (AvgIpc) is 2.71. The maximum atomic E-state index is 11.6. The third-order valence-corrected chi connectivity index (χ3v) is 3.15. The van der Waals surface area contributed by atoms with Crippen molar-refractivity contribution < 1.29 is 14.7 Å². The van der Waals surface area contributed by atoms with Crippen molar-refractivity contribution in [2.24, 2.45) is 0 Å². The van der Waals surface area contributed by atoms with Gasteiger partial charge in [-0.2, -0.15) is 0 Å². The van der Waals surface area contributed by atoms with Gasteiger partial charge in [-0.15, -0.1) is 11.3 Å². The van der Waals surface area contributed by atoms with Gasteiger partial charge in [0.1, 0.15) is 0 Å². The zero-order valence-corrected chi connectivity index (χ0v) is 11.3. The van der Waals surface area contributed by atoms with Crippen LogP contribution in [0.4, 0.5) is 4.79 Å². The number of rotatable bonds is 6. The highest BCUT2D eigenvalue weighted by atomic mass is 32.1. The highest BCUT2D eigenvalue weighted by molar-refractivity contribution is 7.09. The number of carboxylic acid groups (broad SMARTS) is 1. The minimum Gasteiger partial charge on any atom is -0.481 e. The van der Waals surface area contributed by atoms with E-state index in [-0.39, 0.29) is 19.0 Å². The Kier molecular flexibility index (Phi) is 5.57. The Morgan fingerprint density at radius 3 is 2.83 bits per heavy atom. The molecular weight excluding hydrogens is 254 g/mol. The third kappa shape index (κ3) is 5.13. The SMILES string of the molecule is Cc1nc(CCNC(=O)N(C)CCC(=O)O)cs1. The van der Waals surface area contributed by atoms with Gasteiger partial charge >= 0.3 is 12.0 Å². The maximum Gasteiger partial charge on any atom is 0.317 e. The summed E-state index contributed by atoms with van der Waals surface area (Å²) in [6.07, 6.45) is 0.637. The molecular formula is C11H17N3O3S. The second kappa shape index (κ2) is 6.95. The first-order valence-electron chi connectivity index (χ1n) is 5.61. The first kappa shape index (κ1) is 14.4. The normalized spacial score (nSPS) is 10.1. The quantitative estimate of drug-likeness (QED) is 0.812. The number of hydrogen-bond acceptors (Lipinski definition) is 4. The molecule has 0 atom stereocenters. The zero-order valence-electron chi connectivity index (χ0n) is 10.5. The van der Waals surface area contributed by atoms with E-state index in [0.717, 1.165) is 10.7 Å². The molecule has 0 bridgehead atoms. The molecule has 1 heterocycles. The second-order valence-electron chi connectivity index (χ2n) is 3.91. The minimum atomic E-state index is -0.910. The summed E-state index contributed by atoms with van der Waals surface area (Å²) in [6.45, 7) is 2.64. The number of nitrogens with zero attached hydrogens (tertiary/aromatic N) is 2. The van der Waals surface area contributed by atoms with Gasteiger partial charge in [0.25, 0.3) is 0 Å². The van der Waals surface area contributed by atoms with Crippen molar-refractivity contribution in [1.29, 1.82) is 0 Å². The fourth-order valence-electron chi connectivity index (χ4n) is 1.32. The molecule has 1 aromatic heterocycles. The lowest BCUT2D eigenvalue weighted by molar-refractivity contribution is -0.137. The van der Waals surface area contributed by atoms with Gasteiger partial charge in [0.05, 0.1) is 17.1 Å². The van der Waals surface area contributed by atoms with Crippen molar-refractivity contribution in [3.63, 3.8) is 0 Å². The van der Waals surface area contributed by atoms with E-state index in [1.165, 1.54) is 4.90 Å². The summed E-state index contributed by atoms with van der Waals surface area (Å²) in [6, 6.07) is -0.261. The number of carboxylic acids is 1. The monoisotopic (exact) mass is 271 g/mol. The smallest absolute Gasteiger partial charge is 0.317 e. The van der Waals surface area contributed by atoms with E-state index in [2.05, 4.69) is 10.3 Å². The van der Waals surface area contributed by atoms with Crippen LogP contribution in [0, 0.1) is 6.92 Å². The van der Waals surface area contributed by atoms with E-state index in [9.17, 15) is 9.59 Å². The molecule has 0 saturated carbocycles. The van der Waals surface area contributed by atoms with Gasteiger partial charge in [0.15, 0.2) is 0 Å². The molecule has 6 nitrogen and oxygen atoms in total. The van der Waals surface area contributed by atoms with E-state index in [4.69, 9.17) is 5.11 Å². The Hall–Kier alpha value is -1.63. The first-order valence-corrected chi connectivity index (χ1v) is 6.48. The standard InChI is InChI=1S/C11H17N3O3S/c1-8-13-9(7-18-8)3-5-12-11(17)14(2)6-4-10(15)16/h7H,3-6H2,1-2H3,(H,12,17)(H,15,16). The van der Waals surface area contributed by atoms with Crippen LogP contribution in [-0.2, 0) is 11.2 Å². The summed E-state index contributed by atoms with van der Waals surface area (Å²) in [7, 11) is 1.57. The molecule has 2 amide bonds. The minimum absolute atomic E-state index is 0.0464. The van der Waals surface area contributed by atoms with Gasteiger partial charge in [0.2, 0.25) is 0 Å². The zero-order chi connectivity index (χ0) is 13.5. The molecule has 1 rings (SSSR count). The molecule has 7 heteroatoms. The Labute approximate surface area is 110 Å². The van der Waals surface area contributed by atoms with E-state index < -0.39 is 5.97 Å². The molecule has 100 valence electrons. The lowest BCUT2D eigenvalue weighted by atomic mass is 10.3. The van der Waals surface area contributed by atoms with Crippen LogP contribution in [0.15, 0.2) is 5.38 Å². The van der Waals surface area contributed by atoms with Crippen LogP contribution in [0.2, 0.25) is 0 Å². The number of aryl methyl sites for hydroxylation is 1. The van der Waals surface area contributed by atoms with Crippen LogP contribution in [0.3, 0.4) is 0 Å². The highest BCUT2D eigenvalue weighted by Crippen LogP contribution is 2.07. The Bertz CT molecular complexity index is 419. The fraction of sp³-hybridized carbons (Fsp3) is 0.545. The van der Waals surface area contributed by atoms with Crippen molar-refractivity contribution >= 4 is 23.3 Å². The molecule has 2 N–H and O–H groups in total. The Balaban J connectivity index is 2.22. The van der Waals surface area contributed by atoms with Gasteiger partial charge in [-0.05, 0) is 6.92 Å². The second-order valence-corrected chi connectivity index (χ2v) is 4.97. The topological polar surface area (TPSA) is 82.5 Å². The highest BCUT2D eigenvalue weighted by Gasteiger charge is 2.09. The molecule has 0 unspecified atom stereocenters. The molecule has 18 heavy (non-hydrogen) atoms. The molecule has 0 aliphatic carbocycles. The van der Waals surface area contributed by atoms with E-state index in [0.29, 0.717) is 13.0 Å². The van der Waals surface area contributed by atoms with Crippen LogP contribution in [0.25, 0.3) is 0 Å². The van der Waals surface area contributed by atoms with Gasteiger partial charge in [0, 0.05) is 31.9 Å². The molecule has 0 radical (unpaired) electrons. The molecule has 0 spiro atoms. The lowest BCUT2D eigenvalue weighted by Crippen LogP contribution is -2.39. The first-order chi connectivity index (χ1) is 8.49. The number of urea groups is 1. The average molecular weight is 271 g/mol. The van der Waals surface area contributed by atoms with Crippen LogP contribution in [0.1, 0.15) is 17.1 Å². The predicted octanol–water partition coefficient (Wildman–Crippen LogP) is 1.11. The Morgan fingerprint density at radius 2 is 2.28 bits per heavy atom. The van der Waals surface area contributed by atoms with E-state index >= 15 is 0 Å². The number of aliphatic carboxylic acids is 1. The molecule has 0 aliphatic heterocycles. The van der Waals surface area contributed by atoms with E-state index in [1.807, 2.05) is 12.3 Å². The summed E-state index contributed by atoms with van der Waals surface area (Å²) < 4.78 is 0. The van der Waals surface area contributed by atoms with Gasteiger partial charge in [-0.25, -0.2) is 9.78 Å². The molecule has 0 aromatic carbocycles. The van der Waals surface area contributed by atoms with Crippen molar-refractivity contribution in [2.45, 2.75) is 19.8 Å². The van der Waals surface area contributed by atoms with Gasteiger partial charge < -0.3 is 15.3 Å². The predicted molar refractivity (Wildman–Crippen MR) is 68.8 cm³/mol. The van der Waals surface area contributed by atoms with Crippen LogP contribution in [-0.4, -0.2) is 47.1 Å². The summed E-state index contributed by atoms with van der Waals surface area (Å²) in [4.78, 5) is 27.6. The largest absolute Gasteiger partial charge is 0.481 e. The van der Waals surface area contributed by atoms with Crippen LogP contribution in [0.5, 0.6) is 0 Å². The number of nitrogens with one attached hydrogen (secondary N) is 1. The van der Waals surface area contributed by atoms with Crippen molar-refractivity contribution in [3.05, 3.63) is 16.1 Å². The molecule has 0 fully saturated rings. The number of carbonyl (C=O) groups excluding carboxylic acids is 1. The number of amides is 2. The fourth-order valence-corrected chi connectivity index (χ4v) is 1.97. The third-order valence-electron chi connectivity index (χ3n) is 2.33. The number of carbonyl (C=O) groups is 2. The van der Waals surface area contributed by atoms with Gasteiger partial charge in [-0.3, -0.25) is 4.79 Å². The van der Waals surface area contributed by atoms with Crippen molar-refractivity contribution in [2.75, 3.05) is 20.1 Å². The Morgan fingerprint density at radius 1 is 1.56 bits per heavy atom. The summed E-state index contributed by atoms with van der Waals surface area (Å²) in [5.74, 6) is -0.910. The lowest BCUT2D eigenvalue weighted by Gasteiger charge is -2.16. The maximum absolute atomic E-state index is 11.6. The number of thiazole rings is 1. The van der Waals surface area contributed by atoms with Crippen molar-refractivity contribution in [1.82, 2.24) is 15.2 Å². The van der Waals surface area contributed by atoms with Crippen LogP contribution < -0.4 is 5.32 Å². The summed E-state index contributed by atoms with van der Waals surface area (Å²) in [5.41, 5.74) is 0.964.